The fourth-order valence-corrected chi connectivity index (χ4v) is 5.57. The first-order valence-electron chi connectivity index (χ1n) is 8.48. The van der Waals surface area contributed by atoms with E-state index < -0.39 is 5.97 Å². The third-order valence-electron chi connectivity index (χ3n) is 6.18. The first-order valence-corrected chi connectivity index (χ1v) is 8.48. The van der Waals surface area contributed by atoms with E-state index in [4.69, 9.17) is 5.11 Å². The highest BCUT2D eigenvalue weighted by molar-refractivity contribution is 5.77. The molecule has 4 aliphatic rings. The third kappa shape index (κ3) is 3.09. The van der Waals surface area contributed by atoms with E-state index in [0.29, 0.717) is 18.3 Å². The lowest BCUT2D eigenvalue weighted by molar-refractivity contribution is -0.137. The maximum Gasteiger partial charge on any atom is 0.303 e. The zero-order valence-corrected chi connectivity index (χ0v) is 12.9. The molecule has 4 fully saturated rings. The van der Waals surface area contributed by atoms with E-state index in [1.807, 2.05) is 0 Å². The van der Waals surface area contributed by atoms with Gasteiger partial charge in [-0.3, -0.25) is 9.59 Å². The summed E-state index contributed by atoms with van der Waals surface area (Å²) in [5.41, 5.74) is 0.331. The SMILES string of the molecule is CC(NC(=O)CCCC(=O)O)C12CC3CC(CC(C3)C1)C2. The largest absolute Gasteiger partial charge is 0.481 e. The molecule has 4 rings (SSSR count). The number of hydrogen-bond donors (Lipinski definition) is 2. The number of rotatable bonds is 6. The second kappa shape index (κ2) is 5.62. The van der Waals surface area contributed by atoms with E-state index in [0.717, 1.165) is 17.8 Å². The van der Waals surface area contributed by atoms with Crippen molar-refractivity contribution in [3.8, 4) is 0 Å². The minimum absolute atomic E-state index is 0.0273. The summed E-state index contributed by atoms with van der Waals surface area (Å²) >= 11 is 0. The molecule has 1 amide bonds. The number of aliphatic carboxylic acids is 1. The lowest BCUT2D eigenvalue weighted by Crippen LogP contribution is -2.55. The van der Waals surface area contributed by atoms with Crippen molar-refractivity contribution in [2.45, 2.75) is 70.8 Å². The highest BCUT2D eigenvalue weighted by Crippen LogP contribution is 2.61. The molecular weight excluding hydrogens is 266 g/mol. The smallest absolute Gasteiger partial charge is 0.303 e. The molecule has 0 aromatic carbocycles. The van der Waals surface area contributed by atoms with Crippen LogP contribution < -0.4 is 5.32 Å². The number of hydrogen-bond acceptors (Lipinski definition) is 2. The van der Waals surface area contributed by atoms with Crippen LogP contribution in [0.5, 0.6) is 0 Å². The molecule has 1 atom stereocenters. The van der Waals surface area contributed by atoms with Gasteiger partial charge in [0.1, 0.15) is 0 Å². The van der Waals surface area contributed by atoms with E-state index in [1.165, 1.54) is 38.5 Å². The summed E-state index contributed by atoms with van der Waals surface area (Å²) < 4.78 is 0. The summed E-state index contributed by atoms with van der Waals surface area (Å²) in [6.45, 7) is 2.17. The normalized spacial score (nSPS) is 38.2. The molecule has 1 unspecified atom stereocenters. The Labute approximate surface area is 126 Å². The summed E-state index contributed by atoms with van der Waals surface area (Å²) in [5.74, 6) is 1.88. The van der Waals surface area contributed by atoms with E-state index in [1.54, 1.807) is 0 Å². The molecule has 0 aromatic rings. The molecule has 0 heterocycles. The van der Waals surface area contributed by atoms with Gasteiger partial charge in [0, 0.05) is 18.9 Å². The van der Waals surface area contributed by atoms with Crippen LogP contribution in [0.15, 0.2) is 0 Å². The van der Waals surface area contributed by atoms with Gasteiger partial charge in [-0.25, -0.2) is 0 Å². The molecule has 4 saturated carbocycles. The number of carboxylic acids is 1. The zero-order chi connectivity index (χ0) is 15.0. The highest BCUT2D eigenvalue weighted by Gasteiger charge is 2.53. The van der Waals surface area contributed by atoms with Crippen LogP contribution >= 0.6 is 0 Å². The van der Waals surface area contributed by atoms with Crippen molar-refractivity contribution in [3.05, 3.63) is 0 Å². The van der Waals surface area contributed by atoms with Crippen LogP contribution in [0, 0.1) is 23.2 Å². The van der Waals surface area contributed by atoms with Crippen LogP contribution in [0.25, 0.3) is 0 Å². The van der Waals surface area contributed by atoms with Crippen molar-refractivity contribution in [2.75, 3.05) is 0 Å². The minimum atomic E-state index is -0.822. The quantitative estimate of drug-likeness (QED) is 0.791. The van der Waals surface area contributed by atoms with Gasteiger partial charge in [0.2, 0.25) is 5.91 Å². The summed E-state index contributed by atoms with van der Waals surface area (Å²) in [6.07, 6.45) is 8.97. The van der Waals surface area contributed by atoms with Crippen LogP contribution in [0.4, 0.5) is 0 Å². The van der Waals surface area contributed by atoms with Crippen LogP contribution in [-0.2, 0) is 9.59 Å². The summed E-state index contributed by atoms with van der Waals surface area (Å²) in [6, 6.07) is 0.239. The molecule has 0 spiro atoms. The number of amides is 1. The Balaban J connectivity index is 1.54. The first-order chi connectivity index (χ1) is 9.97. The maximum atomic E-state index is 12.0. The third-order valence-corrected chi connectivity index (χ3v) is 6.18. The van der Waals surface area contributed by atoms with Gasteiger partial charge in [0.25, 0.3) is 0 Å². The lowest BCUT2D eigenvalue weighted by atomic mass is 9.48. The van der Waals surface area contributed by atoms with E-state index in [9.17, 15) is 9.59 Å². The molecule has 0 aromatic heterocycles. The Morgan fingerprint density at radius 2 is 1.62 bits per heavy atom. The van der Waals surface area contributed by atoms with E-state index >= 15 is 0 Å². The van der Waals surface area contributed by atoms with Gasteiger partial charge in [0.05, 0.1) is 0 Å². The minimum Gasteiger partial charge on any atom is -0.481 e. The fraction of sp³-hybridized carbons (Fsp3) is 0.882. The molecule has 0 saturated heterocycles. The molecule has 0 aliphatic heterocycles. The van der Waals surface area contributed by atoms with Gasteiger partial charge in [-0.2, -0.15) is 0 Å². The van der Waals surface area contributed by atoms with Crippen LogP contribution in [0.3, 0.4) is 0 Å². The standard InChI is InChI=1S/C17H27NO3/c1-11(18-15(19)3-2-4-16(20)21)17-8-12-5-13(9-17)7-14(6-12)10-17/h11-14H,2-10H2,1H3,(H,18,19)(H,20,21). The molecular formula is C17H27NO3. The van der Waals surface area contributed by atoms with Gasteiger partial charge < -0.3 is 10.4 Å². The molecule has 21 heavy (non-hydrogen) atoms. The van der Waals surface area contributed by atoms with Crippen LogP contribution in [-0.4, -0.2) is 23.0 Å². The molecule has 0 radical (unpaired) electrons. The Bertz CT molecular complexity index is 396. The first kappa shape index (κ1) is 14.9. The van der Waals surface area contributed by atoms with Crippen molar-refractivity contribution in [1.29, 1.82) is 0 Å². The Hall–Kier alpha value is -1.06. The second-order valence-corrected chi connectivity index (χ2v) is 7.82. The van der Waals surface area contributed by atoms with Crippen molar-refractivity contribution in [2.24, 2.45) is 23.2 Å². The summed E-state index contributed by atoms with van der Waals surface area (Å²) in [7, 11) is 0. The maximum absolute atomic E-state index is 12.0. The van der Waals surface area contributed by atoms with Crippen LogP contribution in [0.1, 0.15) is 64.7 Å². The van der Waals surface area contributed by atoms with Crippen molar-refractivity contribution in [3.63, 3.8) is 0 Å². The molecule has 118 valence electrons. The van der Waals surface area contributed by atoms with Crippen molar-refractivity contribution < 1.29 is 14.7 Å². The Morgan fingerprint density at radius 1 is 1.10 bits per heavy atom. The van der Waals surface area contributed by atoms with E-state index in [-0.39, 0.29) is 18.4 Å². The molecule has 4 heteroatoms. The molecule has 2 N–H and O–H groups in total. The highest BCUT2D eigenvalue weighted by atomic mass is 16.4. The molecule has 4 aliphatic carbocycles. The van der Waals surface area contributed by atoms with Gasteiger partial charge in [-0.1, -0.05) is 0 Å². The van der Waals surface area contributed by atoms with Gasteiger partial charge >= 0.3 is 5.97 Å². The van der Waals surface area contributed by atoms with Crippen molar-refractivity contribution in [1.82, 2.24) is 5.32 Å². The summed E-state index contributed by atoms with van der Waals surface area (Å²) in [4.78, 5) is 22.5. The predicted molar refractivity (Wildman–Crippen MR) is 79.7 cm³/mol. The monoisotopic (exact) mass is 293 g/mol. The lowest BCUT2D eigenvalue weighted by Gasteiger charge is -2.59. The number of carbonyl (C=O) groups excluding carboxylic acids is 1. The predicted octanol–water partition coefficient (Wildman–Crippen LogP) is 2.96. The van der Waals surface area contributed by atoms with Crippen LogP contribution in [0.2, 0.25) is 0 Å². The Kier molecular flexibility index (Phi) is 3.98. The molecule has 4 nitrogen and oxygen atoms in total. The van der Waals surface area contributed by atoms with Crippen molar-refractivity contribution >= 4 is 11.9 Å². The zero-order valence-electron chi connectivity index (χ0n) is 12.9. The number of carboxylic acid groups (broad SMARTS) is 1. The Morgan fingerprint density at radius 3 is 2.10 bits per heavy atom. The van der Waals surface area contributed by atoms with Gasteiger partial charge in [-0.05, 0) is 75.0 Å². The average molecular weight is 293 g/mol. The number of nitrogens with one attached hydrogen (secondary N) is 1. The average Bonchev–Trinajstić information content (AvgIpc) is 2.36. The summed E-state index contributed by atoms with van der Waals surface area (Å²) in [5, 5.41) is 11.8. The molecule has 4 bridgehead atoms. The van der Waals surface area contributed by atoms with E-state index in [2.05, 4.69) is 12.2 Å². The second-order valence-electron chi connectivity index (χ2n) is 7.82. The number of carbonyl (C=O) groups is 2. The fourth-order valence-electron chi connectivity index (χ4n) is 5.57. The topological polar surface area (TPSA) is 66.4 Å². The van der Waals surface area contributed by atoms with Gasteiger partial charge in [0.15, 0.2) is 0 Å². The van der Waals surface area contributed by atoms with Gasteiger partial charge in [-0.15, -0.1) is 0 Å².